The Balaban J connectivity index is 3.03. The van der Waals surface area contributed by atoms with Crippen molar-refractivity contribution in [2.24, 2.45) is 7.05 Å². The first-order chi connectivity index (χ1) is 6.69. The molecule has 0 saturated heterocycles. The van der Waals surface area contributed by atoms with Crippen molar-refractivity contribution in [3.05, 3.63) is 29.6 Å². The molecule has 1 heterocycles. The van der Waals surface area contributed by atoms with E-state index in [4.69, 9.17) is 5.26 Å². The van der Waals surface area contributed by atoms with Crippen LogP contribution in [0.1, 0.15) is 5.69 Å². The van der Waals surface area contributed by atoms with Crippen LogP contribution in [0.4, 0.5) is 0 Å². The molecule has 0 atom stereocenters. The molecular formula is C10H10N2O2. The standard InChI is InChI=1S/C10H10N2O2/c1-12-5-3-4-9(12)6-8(7-11)10(13)14-2/h3-6H,1-2H3/b8-6+. The van der Waals surface area contributed by atoms with Crippen molar-refractivity contribution < 1.29 is 9.53 Å². The fraction of sp³-hybridized carbons (Fsp3) is 0.200. The van der Waals surface area contributed by atoms with Gasteiger partial charge in [0.25, 0.3) is 0 Å². The normalized spacial score (nSPS) is 10.8. The van der Waals surface area contributed by atoms with Gasteiger partial charge in [-0.1, -0.05) is 0 Å². The summed E-state index contributed by atoms with van der Waals surface area (Å²) in [7, 11) is 3.08. The molecule has 0 aliphatic rings. The van der Waals surface area contributed by atoms with Crippen molar-refractivity contribution in [3.63, 3.8) is 0 Å². The maximum absolute atomic E-state index is 11.1. The van der Waals surface area contributed by atoms with Crippen LogP contribution in [0.25, 0.3) is 6.08 Å². The van der Waals surface area contributed by atoms with E-state index in [-0.39, 0.29) is 5.57 Å². The molecule has 0 fully saturated rings. The number of ether oxygens (including phenoxy) is 1. The van der Waals surface area contributed by atoms with Crippen LogP contribution in [-0.4, -0.2) is 17.6 Å². The Bertz CT molecular complexity index is 410. The lowest BCUT2D eigenvalue weighted by Crippen LogP contribution is -2.03. The summed E-state index contributed by atoms with van der Waals surface area (Å²) in [6.45, 7) is 0. The average molecular weight is 190 g/mol. The van der Waals surface area contributed by atoms with Gasteiger partial charge >= 0.3 is 5.97 Å². The number of hydrogen-bond acceptors (Lipinski definition) is 3. The summed E-state index contributed by atoms with van der Waals surface area (Å²) in [4.78, 5) is 11.1. The number of rotatable bonds is 2. The Morgan fingerprint density at radius 3 is 2.86 bits per heavy atom. The zero-order valence-electron chi connectivity index (χ0n) is 8.02. The molecule has 0 spiro atoms. The lowest BCUT2D eigenvalue weighted by atomic mass is 10.2. The van der Waals surface area contributed by atoms with Gasteiger partial charge in [-0.15, -0.1) is 0 Å². The second kappa shape index (κ2) is 4.28. The van der Waals surface area contributed by atoms with E-state index in [1.54, 1.807) is 16.7 Å². The van der Waals surface area contributed by atoms with Crippen LogP contribution in [-0.2, 0) is 16.6 Å². The highest BCUT2D eigenvalue weighted by molar-refractivity contribution is 5.97. The van der Waals surface area contributed by atoms with E-state index < -0.39 is 5.97 Å². The highest BCUT2D eigenvalue weighted by Gasteiger charge is 2.08. The van der Waals surface area contributed by atoms with Gasteiger partial charge in [-0.25, -0.2) is 4.79 Å². The van der Waals surface area contributed by atoms with Crippen molar-refractivity contribution in [2.45, 2.75) is 0 Å². The van der Waals surface area contributed by atoms with Crippen LogP contribution in [0.5, 0.6) is 0 Å². The third-order valence-corrected chi connectivity index (χ3v) is 1.80. The first kappa shape index (κ1) is 10.1. The van der Waals surface area contributed by atoms with Gasteiger partial charge in [0.15, 0.2) is 0 Å². The first-order valence-corrected chi connectivity index (χ1v) is 4.00. The average Bonchev–Trinajstić information content (AvgIpc) is 2.59. The second-order valence-electron chi connectivity index (χ2n) is 2.71. The monoisotopic (exact) mass is 190 g/mol. The second-order valence-corrected chi connectivity index (χ2v) is 2.71. The quantitative estimate of drug-likeness (QED) is 0.398. The van der Waals surface area contributed by atoms with Crippen LogP contribution >= 0.6 is 0 Å². The SMILES string of the molecule is COC(=O)/C(C#N)=C/c1cccn1C. The highest BCUT2D eigenvalue weighted by atomic mass is 16.5. The summed E-state index contributed by atoms with van der Waals surface area (Å²) in [6, 6.07) is 5.43. The van der Waals surface area contributed by atoms with Crippen molar-refractivity contribution in [1.29, 1.82) is 5.26 Å². The summed E-state index contributed by atoms with van der Waals surface area (Å²) < 4.78 is 6.26. The largest absolute Gasteiger partial charge is 0.465 e. The third-order valence-electron chi connectivity index (χ3n) is 1.80. The van der Waals surface area contributed by atoms with E-state index in [2.05, 4.69) is 4.74 Å². The van der Waals surface area contributed by atoms with Crippen molar-refractivity contribution in [2.75, 3.05) is 7.11 Å². The molecule has 14 heavy (non-hydrogen) atoms. The van der Waals surface area contributed by atoms with Gasteiger partial charge in [0.1, 0.15) is 11.6 Å². The zero-order chi connectivity index (χ0) is 10.6. The van der Waals surface area contributed by atoms with E-state index in [1.807, 2.05) is 19.3 Å². The van der Waals surface area contributed by atoms with Crippen LogP contribution < -0.4 is 0 Å². The van der Waals surface area contributed by atoms with Gasteiger partial charge in [-0.3, -0.25) is 0 Å². The fourth-order valence-electron chi connectivity index (χ4n) is 1.02. The van der Waals surface area contributed by atoms with Crippen LogP contribution in [0, 0.1) is 11.3 Å². The molecule has 0 radical (unpaired) electrons. The van der Waals surface area contributed by atoms with E-state index in [9.17, 15) is 4.79 Å². The molecule has 0 unspecified atom stereocenters. The molecule has 0 aliphatic carbocycles. The van der Waals surface area contributed by atoms with Gasteiger partial charge in [0.05, 0.1) is 7.11 Å². The predicted molar refractivity (Wildman–Crippen MR) is 51.0 cm³/mol. The van der Waals surface area contributed by atoms with Crippen LogP contribution in [0.2, 0.25) is 0 Å². The molecule has 0 aliphatic heterocycles. The molecule has 0 aromatic carbocycles. The minimum Gasteiger partial charge on any atom is -0.465 e. The van der Waals surface area contributed by atoms with Crippen molar-refractivity contribution in [1.82, 2.24) is 4.57 Å². The Morgan fingerprint density at radius 2 is 2.43 bits per heavy atom. The summed E-state index contributed by atoms with van der Waals surface area (Å²) in [6.07, 6.45) is 3.32. The van der Waals surface area contributed by atoms with E-state index >= 15 is 0 Å². The zero-order valence-corrected chi connectivity index (χ0v) is 8.02. The topological polar surface area (TPSA) is 55.0 Å². The fourth-order valence-corrected chi connectivity index (χ4v) is 1.02. The minimum absolute atomic E-state index is 0.00528. The van der Waals surface area contributed by atoms with Gasteiger partial charge in [-0.2, -0.15) is 5.26 Å². The molecule has 0 saturated carbocycles. The molecule has 4 heteroatoms. The summed E-state index contributed by atoms with van der Waals surface area (Å²) in [5, 5.41) is 8.69. The van der Waals surface area contributed by atoms with E-state index in [1.165, 1.54) is 13.2 Å². The Hall–Kier alpha value is -2.02. The maximum Gasteiger partial charge on any atom is 0.348 e. The summed E-state index contributed by atoms with van der Waals surface area (Å²) in [5.74, 6) is -0.617. The number of carbonyl (C=O) groups is 1. The minimum atomic E-state index is -0.617. The van der Waals surface area contributed by atoms with Gasteiger partial charge < -0.3 is 9.30 Å². The molecule has 4 nitrogen and oxygen atoms in total. The molecular weight excluding hydrogens is 180 g/mol. The van der Waals surface area contributed by atoms with Gasteiger partial charge in [0.2, 0.25) is 0 Å². The number of nitriles is 1. The molecule has 1 rings (SSSR count). The van der Waals surface area contributed by atoms with Crippen molar-refractivity contribution >= 4 is 12.0 Å². The number of esters is 1. The number of aromatic nitrogens is 1. The molecule has 1 aromatic heterocycles. The lowest BCUT2D eigenvalue weighted by molar-refractivity contribution is -0.135. The first-order valence-electron chi connectivity index (χ1n) is 4.00. The number of aryl methyl sites for hydroxylation is 1. The van der Waals surface area contributed by atoms with E-state index in [0.29, 0.717) is 0 Å². The van der Waals surface area contributed by atoms with Crippen molar-refractivity contribution in [3.8, 4) is 6.07 Å². The Kier molecular flexibility index (Phi) is 3.08. The third kappa shape index (κ3) is 2.02. The molecule has 72 valence electrons. The summed E-state index contributed by atoms with van der Waals surface area (Å²) in [5.41, 5.74) is 0.779. The number of carbonyl (C=O) groups excluding carboxylic acids is 1. The van der Waals surface area contributed by atoms with Crippen LogP contribution in [0.3, 0.4) is 0 Å². The summed E-state index contributed by atoms with van der Waals surface area (Å²) >= 11 is 0. The highest BCUT2D eigenvalue weighted by Crippen LogP contribution is 2.07. The lowest BCUT2D eigenvalue weighted by Gasteiger charge is -1.98. The number of methoxy groups -OCH3 is 1. The molecule has 0 bridgehead atoms. The Labute approximate surface area is 82.0 Å². The predicted octanol–water partition coefficient (Wildman–Crippen LogP) is 1.11. The number of hydrogen-bond donors (Lipinski definition) is 0. The van der Waals surface area contributed by atoms with Gasteiger partial charge in [-0.05, 0) is 18.2 Å². The smallest absolute Gasteiger partial charge is 0.348 e. The van der Waals surface area contributed by atoms with Crippen LogP contribution in [0.15, 0.2) is 23.9 Å². The Morgan fingerprint density at radius 1 is 1.71 bits per heavy atom. The van der Waals surface area contributed by atoms with E-state index in [0.717, 1.165) is 5.69 Å². The molecule has 0 N–H and O–H groups in total. The molecule has 1 aromatic rings. The van der Waals surface area contributed by atoms with Gasteiger partial charge in [0, 0.05) is 18.9 Å². The molecule has 0 amide bonds. The maximum atomic E-state index is 11.1. The number of nitrogens with zero attached hydrogens (tertiary/aromatic N) is 2.